The largest absolute Gasteiger partial charge is 0.464 e. The summed E-state index contributed by atoms with van der Waals surface area (Å²) < 4.78 is 8.33. The van der Waals surface area contributed by atoms with E-state index < -0.39 is 5.97 Å². The molecule has 0 radical (unpaired) electrons. The van der Waals surface area contributed by atoms with Crippen molar-refractivity contribution in [3.05, 3.63) is 35.4 Å². The molecule has 0 aliphatic carbocycles. The molecular formula is C16H19N5O2. The van der Waals surface area contributed by atoms with E-state index in [2.05, 4.69) is 15.2 Å². The molecule has 0 aliphatic heterocycles. The number of ether oxygens (including phenoxy) is 1. The summed E-state index contributed by atoms with van der Waals surface area (Å²) in [4.78, 5) is 16.3. The van der Waals surface area contributed by atoms with Crippen LogP contribution in [-0.2, 0) is 11.8 Å². The predicted molar refractivity (Wildman–Crippen MR) is 85.4 cm³/mol. The van der Waals surface area contributed by atoms with Crippen LogP contribution in [0.3, 0.4) is 0 Å². The Balaban J connectivity index is 2.29. The van der Waals surface area contributed by atoms with E-state index in [0.717, 1.165) is 28.0 Å². The fraction of sp³-hybridized carbons (Fsp3) is 0.375. The van der Waals surface area contributed by atoms with E-state index in [1.165, 1.54) is 13.4 Å². The molecule has 7 nitrogen and oxygen atoms in total. The van der Waals surface area contributed by atoms with Crippen LogP contribution in [0.15, 0.2) is 18.6 Å². The molecule has 0 unspecified atom stereocenters. The minimum atomic E-state index is -0.422. The molecule has 0 aromatic carbocycles. The Bertz CT molecular complexity index is 891. The number of carbonyl (C=O) groups is 1. The molecule has 0 saturated heterocycles. The number of pyridine rings is 1. The molecule has 0 N–H and O–H groups in total. The number of hydrogen-bond donors (Lipinski definition) is 0. The van der Waals surface area contributed by atoms with Crippen molar-refractivity contribution in [2.75, 3.05) is 7.11 Å². The summed E-state index contributed by atoms with van der Waals surface area (Å²) in [5, 5.41) is 8.59. The number of hydrogen-bond acceptors (Lipinski definition) is 5. The number of esters is 1. The molecule has 3 rings (SSSR count). The second kappa shape index (κ2) is 5.49. The van der Waals surface area contributed by atoms with Gasteiger partial charge in [-0.3, -0.25) is 4.68 Å². The highest BCUT2D eigenvalue weighted by Gasteiger charge is 2.25. The van der Waals surface area contributed by atoms with E-state index in [1.54, 1.807) is 9.20 Å². The standard InChI is InChI=1S/C16H19N5O2/c1-9(2)12-13(16(22)23-5)19-20(4)14(12)11-6-10(3)15-17-8-18-21(15)7-11/h6-9H,1-5H3. The van der Waals surface area contributed by atoms with E-state index in [1.807, 2.05) is 40.1 Å². The lowest BCUT2D eigenvalue weighted by atomic mass is 9.96. The smallest absolute Gasteiger partial charge is 0.358 e. The predicted octanol–water partition coefficient (Wildman–Crippen LogP) is 2.35. The van der Waals surface area contributed by atoms with Gasteiger partial charge in [-0.25, -0.2) is 14.3 Å². The van der Waals surface area contributed by atoms with E-state index in [4.69, 9.17) is 4.74 Å². The average molecular weight is 313 g/mol. The molecule has 0 amide bonds. The zero-order valence-electron chi connectivity index (χ0n) is 13.9. The number of rotatable bonds is 3. The molecule has 0 fully saturated rings. The first-order valence-corrected chi connectivity index (χ1v) is 7.39. The van der Waals surface area contributed by atoms with Gasteiger partial charge in [0.2, 0.25) is 0 Å². The fourth-order valence-corrected chi connectivity index (χ4v) is 2.90. The van der Waals surface area contributed by atoms with Crippen LogP contribution in [0.1, 0.15) is 41.4 Å². The van der Waals surface area contributed by atoms with Gasteiger partial charge >= 0.3 is 5.97 Å². The SMILES string of the molecule is COC(=O)c1nn(C)c(-c2cc(C)c3ncnn3c2)c1C(C)C. The zero-order valence-corrected chi connectivity index (χ0v) is 13.9. The maximum atomic E-state index is 12.0. The third-order valence-electron chi connectivity index (χ3n) is 3.87. The first-order valence-electron chi connectivity index (χ1n) is 7.39. The van der Waals surface area contributed by atoms with Gasteiger partial charge in [-0.2, -0.15) is 10.2 Å². The Morgan fingerprint density at radius 1 is 1.35 bits per heavy atom. The van der Waals surface area contributed by atoms with Crippen molar-refractivity contribution in [1.82, 2.24) is 24.4 Å². The number of aryl methyl sites for hydroxylation is 2. The average Bonchev–Trinajstić information content (AvgIpc) is 3.10. The van der Waals surface area contributed by atoms with Crippen LogP contribution in [-0.4, -0.2) is 37.5 Å². The first kappa shape index (κ1) is 15.2. The third-order valence-corrected chi connectivity index (χ3v) is 3.87. The van der Waals surface area contributed by atoms with E-state index in [0.29, 0.717) is 5.69 Å². The Kier molecular flexibility index (Phi) is 3.63. The van der Waals surface area contributed by atoms with Crippen LogP contribution in [0.5, 0.6) is 0 Å². The van der Waals surface area contributed by atoms with Crippen LogP contribution in [0, 0.1) is 6.92 Å². The molecule has 23 heavy (non-hydrogen) atoms. The second-order valence-corrected chi connectivity index (χ2v) is 5.82. The number of methoxy groups -OCH3 is 1. The second-order valence-electron chi connectivity index (χ2n) is 5.82. The normalized spacial score (nSPS) is 11.4. The molecule has 0 saturated carbocycles. The van der Waals surface area contributed by atoms with Crippen molar-refractivity contribution in [1.29, 1.82) is 0 Å². The number of nitrogens with zero attached hydrogens (tertiary/aromatic N) is 5. The topological polar surface area (TPSA) is 74.3 Å². The molecule has 120 valence electrons. The van der Waals surface area contributed by atoms with Crippen molar-refractivity contribution in [3.63, 3.8) is 0 Å². The third kappa shape index (κ3) is 2.38. The molecule has 3 heterocycles. The summed E-state index contributed by atoms with van der Waals surface area (Å²) in [7, 11) is 3.20. The van der Waals surface area contributed by atoms with Gasteiger partial charge in [-0.15, -0.1) is 0 Å². The molecule has 0 spiro atoms. The van der Waals surface area contributed by atoms with Crippen molar-refractivity contribution < 1.29 is 9.53 Å². The Labute approximate surface area is 133 Å². The van der Waals surface area contributed by atoms with E-state index in [9.17, 15) is 4.79 Å². The van der Waals surface area contributed by atoms with Gasteiger partial charge in [0.1, 0.15) is 6.33 Å². The van der Waals surface area contributed by atoms with Crippen molar-refractivity contribution >= 4 is 11.6 Å². The van der Waals surface area contributed by atoms with Gasteiger partial charge in [-0.1, -0.05) is 13.8 Å². The molecule has 0 bridgehead atoms. The maximum absolute atomic E-state index is 12.0. The highest BCUT2D eigenvalue weighted by Crippen LogP contribution is 2.32. The Hall–Kier alpha value is -2.70. The zero-order chi connectivity index (χ0) is 16.7. The summed E-state index contributed by atoms with van der Waals surface area (Å²) >= 11 is 0. The molecule has 7 heteroatoms. The van der Waals surface area contributed by atoms with Gasteiger partial charge in [-0.05, 0) is 24.5 Å². The Morgan fingerprint density at radius 2 is 2.09 bits per heavy atom. The van der Waals surface area contributed by atoms with Gasteiger partial charge < -0.3 is 4.74 Å². The van der Waals surface area contributed by atoms with Crippen molar-refractivity contribution in [2.24, 2.45) is 7.05 Å². The Morgan fingerprint density at radius 3 is 2.74 bits per heavy atom. The molecule has 3 aromatic heterocycles. The summed E-state index contributed by atoms with van der Waals surface area (Å²) in [6, 6.07) is 2.04. The molecule has 0 atom stereocenters. The number of fused-ring (bicyclic) bond motifs is 1. The first-order chi connectivity index (χ1) is 10.9. The maximum Gasteiger partial charge on any atom is 0.358 e. The lowest BCUT2D eigenvalue weighted by molar-refractivity contribution is 0.0591. The number of aromatic nitrogens is 5. The van der Waals surface area contributed by atoms with Crippen LogP contribution in [0.4, 0.5) is 0 Å². The van der Waals surface area contributed by atoms with Crippen LogP contribution >= 0.6 is 0 Å². The van der Waals surface area contributed by atoms with E-state index >= 15 is 0 Å². The highest BCUT2D eigenvalue weighted by molar-refractivity contribution is 5.91. The van der Waals surface area contributed by atoms with Crippen LogP contribution < -0.4 is 0 Å². The molecular weight excluding hydrogens is 294 g/mol. The summed E-state index contributed by atoms with van der Waals surface area (Å²) in [5.74, 6) is -0.298. The minimum absolute atomic E-state index is 0.125. The van der Waals surface area contributed by atoms with Gasteiger partial charge in [0, 0.05) is 24.4 Å². The van der Waals surface area contributed by atoms with Crippen molar-refractivity contribution in [2.45, 2.75) is 26.7 Å². The number of carbonyl (C=O) groups excluding carboxylic acids is 1. The fourth-order valence-electron chi connectivity index (χ4n) is 2.90. The van der Waals surface area contributed by atoms with Crippen LogP contribution in [0.25, 0.3) is 16.9 Å². The molecule has 0 aliphatic rings. The summed E-state index contributed by atoms with van der Waals surface area (Å²) in [5.41, 5.74) is 4.88. The van der Waals surface area contributed by atoms with Gasteiger partial charge in [0.15, 0.2) is 11.3 Å². The monoisotopic (exact) mass is 313 g/mol. The van der Waals surface area contributed by atoms with Gasteiger partial charge in [0.25, 0.3) is 0 Å². The van der Waals surface area contributed by atoms with E-state index in [-0.39, 0.29) is 5.92 Å². The van der Waals surface area contributed by atoms with Gasteiger partial charge in [0.05, 0.1) is 12.8 Å². The highest BCUT2D eigenvalue weighted by atomic mass is 16.5. The van der Waals surface area contributed by atoms with Crippen LogP contribution in [0.2, 0.25) is 0 Å². The minimum Gasteiger partial charge on any atom is -0.464 e. The van der Waals surface area contributed by atoms with Crippen molar-refractivity contribution in [3.8, 4) is 11.3 Å². The summed E-state index contributed by atoms with van der Waals surface area (Å²) in [6.45, 7) is 6.06. The quantitative estimate of drug-likeness (QED) is 0.694. The lowest BCUT2D eigenvalue weighted by Gasteiger charge is -2.11. The summed E-state index contributed by atoms with van der Waals surface area (Å²) in [6.07, 6.45) is 3.43. The lowest BCUT2D eigenvalue weighted by Crippen LogP contribution is -2.06. The molecule has 3 aromatic rings.